The van der Waals surface area contributed by atoms with Crippen LogP contribution in [0.4, 0.5) is 0 Å². The molecular weight excluding hydrogens is 333 g/mol. The Labute approximate surface area is 126 Å². The zero-order valence-electron chi connectivity index (χ0n) is 11.0. The monoisotopic (exact) mass is 352 g/mol. The summed E-state index contributed by atoms with van der Waals surface area (Å²) in [5, 5.41) is 0. The van der Waals surface area contributed by atoms with Gasteiger partial charge < -0.3 is 9.47 Å². The van der Waals surface area contributed by atoms with E-state index >= 15 is 0 Å². The van der Waals surface area contributed by atoms with Crippen LogP contribution in [-0.4, -0.2) is 26.2 Å². The molecule has 1 aromatic carbocycles. The minimum Gasteiger partial charge on any atom is -0.466 e. The third kappa shape index (κ3) is 22.0. The van der Waals surface area contributed by atoms with E-state index in [1.165, 1.54) is 14.2 Å². The van der Waals surface area contributed by atoms with Crippen LogP contribution >= 0.6 is 0 Å². The fourth-order valence-corrected chi connectivity index (χ4v) is 0.552. The van der Waals surface area contributed by atoms with Crippen molar-refractivity contribution in [1.29, 1.82) is 0 Å². The van der Waals surface area contributed by atoms with Crippen molar-refractivity contribution >= 4 is 11.9 Å². The molecular formula is C14H18O4Ru. The summed E-state index contributed by atoms with van der Waals surface area (Å²) in [6.07, 6.45) is 2.22. The van der Waals surface area contributed by atoms with Crippen molar-refractivity contribution in [2.75, 3.05) is 14.2 Å². The van der Waals surface area contributed by atoms with Gasteiger partial charge in [-0.1, -0.05) is 49.6 Å². The van der Waals surface area contributed by atoms with Gasteiger partial charge in [0.25, 0.3) is 0 Å². The predicted molar refractivity (Wildman–Crippen MR) is 70.9 cm³/mol. The molecule has 5 heteroatoms. The van der Waals surface area contributed by atoms with E-state index in [9.17, 15) is 9.59 Å². The second-order valence-corrected chi connectivity index (χ2v) is 2.61. The van der Waals surface area contributed by atoms with E-state index in [4.69, 9.17) is 0 Å². The summed E-state index contributed by atoms with van der Waals surface area (Å²) in [6, 6.07) is 12.0. The van der Waals surface area contributed by atoms with Crippen LogP contribution in [0.1, 0.15) is 0 Å². The third-order valence-corrected chi connectivity index (χ3v) is 1.40. The number of hydrogen-bond acceptors (Lipinski definition) is 4. The third-order valence-electron chi connectivity index (χ3n) is 1.40. The summed E-state index contributed by atoms with van der Waals surface area (Å²) in [6.45, 7) is 6.31. The quantitative estimate of drug-likeness (QED) is 0.466. The molecule has 0 bridgehead atoms. The van der Waals surface area contributed by atoms with Crippen LogP contribution in [-0.2, 0) is 38.5 Å². The number of carbonyl (C=O) groups excluding carboxylic acids is 2. The molecule has 0 saturated heterocycles. The molecule has 0 aliphatic carbocycles. The van der Waals surface area contributed by atoms with Crippen molar-refractivity contribution < 1.29 is 38.5 Å². The molecule has 106 valence electrons. The molecule has 4 nitrogen and oxygen atoms in total. The topological polar surface area (TPSA) is 52.6 Å². The SMILES string of the molecule is C=CC(=O)OC.C=CC(=O)OC.[Ru].c1ccccc1. The standard InChI is InChI=1S/C6H6.2C4H6O2.Ru/c1-2-4-6-5-3-1;2*1-3-4(5)6-2;/h1-6H;2*3H,1H2,2H3;. The first-order chi connectivity index (χ1) is 8.62. The Morgan fingerprint density at radius 3 is 1.05 bits per heavy atom. The van der Waals surface area contributed by atoms with Crippen LogP contribution in [0.15, 0.2) is 61.7 Å². The van der Waals surface area contributed by atoms with Crippen LogP contribution in [0.3, 0.4) is 0 Å². The Morgan fingerprint density at radius 1 is 0.789 bits per heavy atom. The molecule has 0 heterocycles. The maximum absolute atomic E-state index is 9.84. The average molecular weight is 351 g/mol. The van der Waals surface area contributed by atoms with Crippen LogP contribution in [0.2, 0.25) is 0 Å². The number of benzene rings is 1. The van der Waals surface area contributed by atoms with Crippen LogP contribution < -0.4 is 0 Å². The Balaban J connectivity index is -0.000000197. The first-order valence-corrected chi connectivity index (χ1v) is 5.03. The molecule has 0 aromatic heterocycles. The maximum Gasteiger partial charge on any atom is 0.329 e. The summed E-state index contributed by atoms with van der Waals surface area (Å²) in [5.74, 6) is -0.787. The van der Waals surface area contributed by atoms with Gasteiger partial charge in [-0.25, -0.2) is 9.59 Å². The molecule has 0 aliphatic heterocycles. The number of ether oxygens (including phenoxy) is 2. The summed E-state index contributed by atoms with van der Waals surface area (Å²) < 4.78 is 8.28. The van der Waals surface area contributed by atoms with Gasteiger partial charge in [0.05, 0.1) is 14.2 Å². The molecule has 0 amide bonds. The molecule has 0 aliphatic rings. The van der Waals surface area contributed by atoms with E-state index < -0.39 is 11.9 Å². The van der Waals surface area contributed by atoms with Crippen molar-refractivity contribution in [3.05, 3.63) is 61.7 Å². The molecule has 0 radical (unpaired) electrons. The van der Waals surface area contributed by atoms with Crippen molar-refractivity contribution in [3.8, 4) is 0 Å². The second kappa shape index (κ2) is 18.6. The summed E-state index contributed by atoms with van der Waals surface area (Å²) >= 11 is 0. The Kier molecular flexibility index (Phi) is 22.0. The van der Waals surface area contributed by atoms with Crippen LogP contribution in [0.25, 0.3) is 0 Å². The van der Waals surface area contributed by atoms with E-state index in [1.807, 2.05) is 36.4 Å². The average Bonchev–Trinajstić information content (AvgIpc) is 2.48. The summed E-state index contributed by atoms with van der Waals surface area (Å²) in [7, 11) is 2.62. The minimum atomic E-state index is -0.394. The molecule has 1 aromatic rings. The van der Waals surface area contributed by atoms with Crippen molar-refractivity contribution in [1.82, 2.24) is 0 Å². The van der Waals surface area contributed by atoms with Crippen molar-refractivity contribution in [3.63, 3.8) is 0 Å². The Morgan fingerprint density at radius 2 is 1.00 bits per heavy atom. The van der Waals surface area contributed by atoms with Gasteiger partial charge in [0.1, 0.15) is 0 Å². The van der Waals surface area contributed by atoms with Gasteiger partial charge in [0, 0.05) is 31.6 Å². The number of methoxy groups -OCH3 is 2. The molecule has 19 heavy (non-hydrogen) atoms. The van der Waals surface area contributed by atoms with Gasteiger partial charge in [0.15, 0.2) is 0 Å². The van der Waals surface area contributed by atoms with Gasteiger partial charge in [-0.05, 0) is 0 Å². The van der Waals surface area contributed by atoms with Gasteiger partial charge in [0.2, 0.25) is 0 Å². The first kappa shape index (κ1) is 22.4. The second-order valence-electron chi connectivity index (χ2n) is 2.61. The van der Waals surface area contributed by atoms with Gasteiger partial charge in [-0.3, -0.25) is 0 Å². The Hall–Kier alpha value is -1.74. The van der Waals surface area contributed by atoms with E-state index in [0.29, 0.717) is 0 Å². The molecule has 0 spiro atoms. The van der Waals surface area contributed by atoms with Crippen molar-refractivity contribution in [2.45, 2.75) is 0 Å². The molecule has 0 saturated carbocycles. The number of carbonyl (C=O) groups is 2. The van der Waals surface area contributed by atoms with Gasteiger partial charge in [-0.15, -0.1) is 0 Å². The summed E-state index contributed by atoms with van der Waals surface area (Å²) in [4.78, 5) is 19.7. The first-order valence-electron chi connectivity index (χ1n) is 5.03. The fourth-order valence-electron chi connectivity index (χ4n) is 0.552. The Bertz CT molecular complexity index is 303. The molecule has 0 unspecified atom stereocenters. The predicted octanol–water partition coefficient (Wildman–Crippen LogP) is 2.37. The van der Waals surface area contributed by atoms with Gasteiger partial charge >= 0.3 is 11.9 Å². The van der Waals surface area contributed by atoms with E-state index in [0.717, 1.165) is 12.2 Å². The molecule has 0 fully saturated rings. The number of esters is 2. The number of hydrogen-bond donors (Lipinski definition) is 0. The zero-order valence-corrected chi connectivity index (χ0v) is 12.8. The molecule has 0 atom stereocenters. The van der Waals surface area contributed by atoms with E-state index in [1.54, 1.807) is 0 Å². The normalized spacial score (nSPS) is 6.84. The maximum atomic E-state index is 9.84. The van der Waals surface area contributed by atoms with E-state index in [-0.39, 0.29) is 19.5 Å². The number of rotatable bonds is 2. The smallest absolute Gasteiger partial charge is 0.329 e. The van der Waals surface area contributed by atoms with Crippen LogP contribution in [0, 0.1) is 0 Å². The summed E-state index contributed by atoms with van der Waals surface area (Å²) in [5.41, 5.74) is 0. The minimum absolute atomic E-state index is 0. The van der Waals surface area contributed by atoms with E-state index in [2.05, 4.69) is 22.6 Å². The molecule has 1 rings (SSSR count). The molecule has 0 N–H and O–H groups in total. The van der Waals surface area contributed by atoms with Crippen LogP contribution in [0.5, 0.6) is 0 Å². The zero-order chi connectivity index (χ0) is 14.2. The van der Waals surface area contributed by atoms with Gasteiger partial charge in [-0.2, -0.15) is 0 Å². The van der Waals surface area contributed by atoms with Crippen molar-refractivity contribution in [2.24, 2.45) is 0 Å². The fraction of sp³-hybridized carbons (Fsp3) is 0.143. The largest absolute Gasteiger partial charge is 0.466 e.